The van der Waals surface area contributed by atoms with E-state index in [4.69, 9.17) is 11.2 Å². The van der Waals surface area contributed by atoms with Crippen LogP contribution < -0.4 is 11.2 Å². The molecule has 18 heavy (non-hydrogen) atoms. The summed E-state index contributed by atoms with van der Waals surface area (Å²) in [6.07, 6.45) is -4.86. The topological polar surface area (TPSA) is 105 Å². The van der Waals surface area contributed by atoms with Crippen LogP contribution in [0, 0.1) is 0 Å². The van der Waals surface area contributed by atoms with Crippen molar-refractivity contribution in [1.82, 2.24) is 9.55 Å². The summed E-state index contributed by atoms with van der Waals surface area (Å²) in [6.45, 7) is 0.103. The Bertz CT molecular complexity index is 596. The number of H-pyrrole nitrogens is 1. The van der Waals surface area contributed by atoms with Crippen molar-refractivity contribution in [1.29, 1.82) is 0 Å². The second-order valence-corrected chi connectivity index (χ2v) is 4.14. The van der Waals surface area contributed by atoms with Crippen LogP contribution in [0.25, 0.3) is 0 Å². The van der Waals surface area contributed by atoms with Crippen LogP contribution >= 0.6 is 0 Å². The van der Waals surface area contributed by atoms with E-state index in [9.17, 15) is 19.1 Å². The predicted molar refractivity (Wildman–Crippen MR) is 57.8 cm³/mol. The van der Waals surface area contributed by atoms with E-state index in [1.807, 2.05) is 4.98 Å². The average molecular weight is 261 g/mol. The van der Waals surface area contributed by atoms with Crippen molar-refractivity contribution >= 4 is 0 Å². The highest BCUT2D eigenvalue weighted by Gasteiger charge is 2.54. The van der Waals surface area contributed by atoms with Crippen LogP contribution in [0.4, 0.5) is 4.39 Å². The summed E-state index contributed by atoms with van der Waals surface area (Å²) < 4.78 is 27.8. The average Bonchev–Trinajstić information content (AvgIpc) is 2.47. The molecule has 1 fully saturated rings. The molecule has 0 unspecified atom stereocenters. The van der Waals surface area contributed by atoms with Gasteiger partial charge in [0.25, 0.3) is 5.56 Å². The Balaban J connectivity index is 2.52. The third-order valence-electron chi connectivity index (χ3n) is 2.83. The summed E-state index contributed by atoms with van der Waals surface area (Å²) in [5.74, 6) is 0. The zero-order chi connectivity index (χ0) is 14.4. The normalized spacial score (nSPS) is 40.8. The van der Waals surface area contributed by atoms with Crippen LogP contribution in [0.2, 0.25) is 0 Å². The fraction of sp³-hybridized carbons (Fsp3) is 0.600. The van der Waals surface area contributed by atoms with Gasteiger partial charge in [-0.05, 0) is 6.92 Å². The first-order chi connectivity index (χ1) is 8.71. The summed E-state index contributed by atoms with van der Waals surface area (Å²) in [4.78, 5) is 24.4. The Kier molecular flexibility index (Phi) is 2.77. The minimum atomic E-state index is -2.72. The molecule has 0 bridgehead atoms. The van der Waals surface area contributed by atoms with Gasteiger partial charge in [-0.2, -0.15) is 0 Å². The fourth-order valence-electron chi connectivity index (χ4n) is 1.86. The maximum absolute atomic E-state index is 14.5. The highest BCUT2D eigenvalue weighted by Crippen LogP contribution is 2.40. The molecule has 2 heterocycles. The third kappa shape index (κ3) is 1.88. The molecule has 7 nitrogen and oxygen atoms in total. The molecule has 2 rings (SSSR count). The van der Waals surface area contributed by atoms with Crippen molar-refractivity contribution in [3.8, 4) is 0 Å². The smallest absolute Gasteiger partial charge is 0.330 e. The fourth-order valence-corrected chi connectivity index (χ4v) is 1.86. The van der Waals surface area contributed by atoms with Gasteiger partial charge in [0.1, 0.15) is 12.2 Å². The number of aliphatic hydroxyl groups is 2. The van der Waals surface area contributed by atoms with Gasteiger partial charge in [-0.15, -0.1) is 0 Å². The second kappa shape index (κ2) is 4.30. The number of aliphatic hydroxyl groups excluding tert-OH is 1. The Morgan fingerprint density at radius 2 is 2.39 bits per heavy atom. The first kappa shape index (κ1) is 11.6. The monoisotopic (exact) mass is 261 g/mol. The Morgan fingerprint density at radius 1 is 1.72 bits per heavy atom. The van der Waals surface area contributed by atoms with Crippen molar-refractivity contribution < 1.29 is 20.7 Å². The van der Waals surface area contributed by atoms with Crippen molar-refractivity contribution in [2.45, 2.75) is 31.0 Å². The molecule has 0 saturated carbocycles. The molecule has 1 aromatic heterocycles. The van der Waals surface area contributed by atoms with E-state index in [1.54, 1.807) is 0 Å². The molecule has 0 aliphatic carbocycles. The van der Waals surface area contributed by atoms with Gasteiger partial charge in [0.2, 0.25) is 0 Å². The van der Waals surface area contributed by atoms with E-state index in [0.717, 1.165) is 23.8 Å². The molecule has 1 saturated heterocycles. The lowest BCUT2D eigenvalue weighted by molar-refractivity contribution is -0.0611. The highest BCUT2D eigenvalue weighted by molar-refractivity contribution is 5.01. The molecule has 3 N–H and O–H groups in total. The zero-order valence-corrected chi connectivity index (χ0v) is 9.46. The van der Waals surface area contributed by atoms with Crippen LogP contribution in [0.15, 0.2) is 21.9 Å². The predicted octanol–water partition coefficient (Wildman–Crippen LogP) is -1.48. The number of nitrogens with one attached hydrogen (secondary N) is 1. The quantitative estimate of drug-likeness (QED) is 0.602. The number of aromatic nitrogens is 2. The van der Waals surface area contributed by atoms with Crippen molar-refractivity contribution in [2.75, 3.05) is 6.61 Å². The van der Waals surface area contributed by atoms with E-state index in [0.29, 0.717) is 0 Å². The number of nitrogens with zero attached hydrogens (tertiary/aromatic N) is 1. The molecule has 1 aliphatic rings. The molecule has 0 radical (unpaired) electrons. The highest BCUT2D eigenvalue weighted by atomic mass is 19.1. The van der Waals surface area contributed by atoms with E-state index < -0.39 is 41.9 Å². The lowest BCUT2D eigenvalue weighted by Crippen LogP contribution is -2.43. The summed E-state index contributed by atoms with van der Waals surface area (Å²) >= 11 is 0. The van der Waals surface area contributed by atoms with Gasteiger partial charge in [-0.25, -0.2) is 9.18 Å². The lowest BCUT2D eigenvalue weighted by atomic mass is 9.98. The number of alkyl halides is 1. The Hall–Kier alpha value is -1.51. The number of halogens is 1. The first-order valence-electron chi connectivity index (χ1n) is 5.71. The number of rotatable bonds is 2. The number of ether oxygens (including phenoxy) is 1. The number of aromatic amines is 1. The van der Waals surface area contributed by atoms with E-state index in [1.165, 1.54) is 0 Å². The second-order valence-electron chi connectivity index (χ2n) is 4.14. The lowest BCUT2D eigenvalue weighted by Gasteiger charge is -2.24. The molecule has 4 atom stereocenters. The Labute approximate surface area is 102 Å². The minimum Gasteiger partial charge on any atom is -0.394 e. The summed E-state index contributed by atoms with van der Waals surface area (Å²) in [7, 11) is 0. The molecule has 0 aromatic carbocycles. The summed E-state index contributed by atoms with van der Waals surface area (Å²) in [6, 6.07) is 0.982. The first-order valence-corrected chi connectivity index (χ1v) is 5.21. The van der Waals surface area contributed by atoms with Crippen molar-refractivity contribution in [2.24, 2.45) is 0 Å². The van der Waals surface area contributed by atoms with Gasteiger partial charge < -0.3 is 14.9 Å². The zero-order valence-electron chi connectivity index (χ0n) is 10.5. The van der Waals surface area contributed by atoms with Gasteiger partial charge in [0.15, 0.2) is 11.9 Å². The Morgan fingerprint density at radius 3 is 2.89 bits per heavy atom. The van der Waals surface area contributed by atoms with Gasteiger partial charge in [-0.3, -0.25) is 14.3 Å². The van der Waals surface area contributed by atoms with Crippen LogP contribution in [0.5, 0.6) is 0 Å². The van der Waals surface area contributed by atoms with Crippen molar-refractivity contribution in [3.05, 3.63) is 33.1 Å². The standard InChI is InChI=1S/C10H13FN2O5/c1-10(11)7(16)5(4-14)18-8(10)13-3-2-6(15)12-9(13)17/h2-3,5,7-8,14,16H,4H2,1H3,(H,12,15,17)/t5-,7-,8-,10-/m1/s1/i7D. The molecular weight excluding hydrogens is 247 g/mol. The largest absolute Gasteiger partial charge is 0.394 e. The van der Waals surface area contributed by atoms with Gasteiger partial charge in [0.05, 0.1) is 7.98 Å². The van der Waals surface area contributed by atoms with Crippen LogP contribution in [-0.2, 0) is 4.74 Å². The number of hydrogen-bond donors (Lipinski definition) is 3. The van der Waals surface area contributed by atoms with Gasteiger partial charge >= 0.3 is 5.69 Å². The SMILES string of the molecule is [2H][C@@]1(O)[C@@H](CO)O[C@@H](n2ccc(=O)[nH]c2=O)[C@]1(C)F. The summed E-state index contributed by atoms with van der Waals surface area (Å²) in [5.41, 5.74) is -4.25. The molecule has 1 aromatic rings. The van der Waals surface area contributed by atoms with Crippen LogP contribution in [0.1, 0.15) is 14.5 Å². The minimum absolute atomic E-state index is 0.667. The molecule has 8 heteroatoms. The van der Waals surface area contributed by atoms with E-state index in [2.05, 4.69) is 0 Å². The molecule has 0 spiro atoms. The van der Waals surface area contributed by atoms with E-state index >= 15 is 0 Å². The maximum atomic E-state index is 14.5. The molecule has 100 valence electrons. The molecular formula is C10H13FN2O5. The molecule has 1 aliphatic heterocycles. The summed E-state index contributed by atoms with van der Waals surface area (Å²) in [5, 5.41) is 18.8. The van der Waals surface area contributed by atoms with Crippen LogP contribution in [-0.4, -0.2) is 44.2 Å². The van der Waals surface area contributed by atoms with Gasteiger partial charge in [0, 0.05) is 12.3 Å². The maximum Gasteiger partial charge on any atom is 0.330 e. The van der Waals surface area contributed by atoms with E-state index in [-0.39, 0.29) is 0 Å². The third-order valence-corrected chi connectivity index (χ3v) is 2.83. The van der Waals surface area contributed by atoms with Crippen LogP contribution in [0.3, 0.4) is 0 Å². The molecule has 0 amide bonds. The van der Waals surface area contributed by atoms with Gasteiger partial charge in [-0.1, -0.05) is 0 Å². The van der Waals surface area contributed by atoms with Crippen molar-refractivity contribution in [3.63, 3.8) is 0 Å². The number of hydrogen-bond acceptors (Lipinski definition) is 5.